The van der Waals surface area contributed by atoms with Gasteiger partial charge < -0.3 is 14.2 Å². The van der Waals surface area contributed by atoms with Crippen LogP contribution in [0.1, 0.15) is 0 Å². The summed E-state index contributed by atoms with van der Waals surface area (Å²) in [4.78, 5) is 25.0. The molecule has 0 aliphatic heterocycles. The number of halogens is 1. The van der Waals surface area contributed by atoms with Crippen LogP contribution in [-0.4, -0.2) is 36.7 Å². The summed E-state index contributed by atoms with van der Waals surface area (Å²) in [6.45, 7) is -0.455. The number of carbonyl (C=O) groups excluding carboxylic acids is 1. The Balaban J connectivity index is 3.11. The van der Waals surface area contributed by atoms with Crippen molar-refractivity contribution in [2.45, 2.75) is 0 Å². The molecule has 0 fully saturated rings. The third-order valence-electron chi connectivity index (χ3n) is 1.89. The van der Waals surface area contributed by atoms with Gasteiger partial charge in [-0.25, -0.2) is 9.78 Å². The van der Waals surface area contributed by atoms with Crippen LogP contribution in [0, 0.1) is 10.1 Å². The third kappa shape index (κ3) is 3.06. The lowest BCUT2D eigenvalue weighted by Gasteiger charge is -2.08. The lowest BCUT2D eigenvalue weighted by Crippen LogP contribution is -2.13. The molecular weight excluding hydrogens is 312 g/mol. The summed E-state index contributed by atoms with van der Waals surface area (Å²) in [6, 6.07) is 0. The van der Waals surface area contributed by atoms with Crippen molar-refractivity contribution >= 4 is 27.6 Å². The molecule has 0 saturated heterocycles. The smallest absolute Gasteiger partial charge is 0.356 e. The van der Waals surface area contributed by atoms with E-state index in [2.05, 4.69) is 25.7 Å². The normalized spacial score (nSPS) is 9.72. The summed E-state index contributed by atoms with van der Waals surface area (Å²) >= 11 is 3.02. The third-order valence-corrected chi connectivity index (χ3v) is 2.46. The van der Waals surface area contributed by atoms with Crippen LogP contribution in [0.15, 0.2) is 10.8 Å². The van der Waals surface area contributed by atoms with Gasteiger partial charge in [-0.2, -0.15) is 0 Å². The number of nitro groups is 1. The molecule has 0 aliphatic rings. The van der Waals surface area contributed by atoms with Crippen LogP contribution in [0.25, 0.3) is 0 Å². The lowest BCUT2D eigenvalue weighted by molar-refractivity contribution is -0.386. The number of carbonyl (C=O) groups is 1. The van der Waals surface area contributed by atoms with Gasteiger partial charge in [-0.05, 0) is 15.9 Å². The second-order valence-electron chi connectivity index (χ2n) is 2.92. The summed E-state index contributed by atoms with van der Waals surface area (Å²) in [5.41, 5.74) is -0.414. The predicted molar refractivity (Wildman–Crippen MR) is 62.7 cm³/mol. The van der Waals surface area contributed by atoms with Gasteiger partial charge in [0.2, 0.25) is 11.5 Å². The highest BCUT2D eigenvalue weighted by Crippen LogP contribution is 2.40. The molecule has 0 spiro atoms. The van der Waals surface area contributed by atoms with Gasteiger partial charge in [-0.1, -0.05) is 0 Å². The molecule has 0 saturated carbocycles. The zero-order valence-electron chi connectivity index (χ0n) is 9.51. The number of pyridine rings is 1. The van der Waals surface area contributed by atoms with Crippen molar-refractivity contribution in [1.29, 1.82) is 0 Å². The van der Waals surface area contributed by atoms with Gasteiger partial charge in [0, 0.05) is 0 Å². The Labute approximate surface area is 110 Å². The fraction of sp³-hybridized carbons (Fsp3) is 0.333. The maximum absolute atomic E-state index is 10.9. The molecule has 0 radical (unpaired) electrons. The van der Waals surface area contributed by atoms with Crippen molar-refractivity contribution in [1.82, 2.24) is 4.98 Å². The molecule has 0 atom stereocenters. The topological polar surface area (TPSA) is 101 Å². The maximum atomic E-state index is 10.9. The summed E-state index contributed by atoms with van der Waals surface area (Å²) in [7, 11) is 2.44. The minimum Gasteiger partial charge on any atom is -0.488 e. The molecule has 0 amide bonds. The Kier molecular flexibility index (Phi) is 4.84. The van der Waals surface area contributed by atoms with E-state index in [0.717, 1.165) is 6.20 Å². The van der Waals surface area contributed by atoms with Gasteiger partial charge in [0.05, 0.1) is 25.3 Å². The minimum absolute atomic E-state index is 0.0811. The van der Waals surface area contributed by atoms with E-state index < -0.39 is 23.2 Å². The highest BCUT2D eigenvalue weighted by Gasteiger charge is 2.26. The van der Waals surface area contributed by atoms with Gasteiger partial charge in [-0.15, -0.1) is 0 Å². The molecule has 0 bridgehead atoms. The van der Waals surface area contributed by atoms with Crippen LogP contribution in [-0.2, 0) is 9.53 Å². The Bertz CT molecular complexity index is 478. The molecule has 1 aromatic rings. The first-order valence-corrected chi connectivity index (χ1v) is 5.37. The Morgan fingerprint density at radius 3 is 2.72 bits per heavy atom. The quantitative estimate of drug-likeness (QED) is 0.349. The van der Waals surface area contributed by atoms with Crippen LogP contribution in [0.3, 0.4) is 0 Å². The largest absolute Gasteiger partial charge is 0.488 e. The van der Waals surface area contributed by atoms with Gasteiger partial charge in [0.25, 0.3) is 0 Å². The van der Waals surface area contributed by atoms with Crippen LogP contribution in [0.5, 0.6) is 11.5 Å². The zero-order valence-corrected chi connectivity index (χ0v) is 11.1. The van der Waals surface area contributed by atoms with Crippen molar-refractivity contribution in [2.24, 2.45) is 0 Å². The molecule has 1 heterocycles. The van der Waals surface area contributed by atoms with Crippen LogP contribution in [0.2, 0.25) is 0 Å². The first-order chi connectivity index (χ1) is 8.51. The molecule has 18 heavy (non-hydrogen) atoms. The molecule has 8 nitrogen and oxygen atoms in total. The molecule has 0 N–H and O–H groups in total. The van der Waals surface area contributed by atoms with Gasteiger partial charge in [0.1, 0.15) is 0 Å². The number of rotatable bonds is 5. The van der Waals surface area contributed by atoms with Crippen molar-refractivity contribution in [3.05, 3.63) is 20.9 Å². The summed E-state index contributed by atoms with van der Waals surface area (Å²) in [6.07, 6.45) is 1.12. The van der Waals surface area contributed by atoms with Crippen molar-refractivity contribution in [2.75, 3.05) is 20.8 Å². The number of ether oxygens (including phenoxy) is 3. The van der Waals surface area contributed by atoms with E-state index in [1.165, 1.54) is 14.2 Å². The molecule has 98 valence electrons. The monoisotopic (exact) mass is 320 g/mol. The first-order valence-electron chi connectivity index (χ1n) is 4.57. The molecule has 1 aromatic heterocycles. The Morgan fingerprint density at radius 1 is 1.56 bits per heavy atom. The van der Waals surface area contributed by atoms with Crippen LogP contribution in [0.4, 0.5) is 5.69 Å². The highest BCUT2D eigenvalue weighted by atomic mass is 79.9. The minimum atomic E-state index is -0.683. The van der Waals surface area contributed by atoms with E-state index in [9.17, 15) is 14.9 Å². The average Bonchev–Trinajstić information content (AvgIpc) is 2.35. The summed E-state index contributed by atoms with van der Waals surface area (Å²) in [5.74, 6) is -0.918. The van der Waals surface area contributed by atoms with E-state index >= 15 is 0 Å². The van der Waals surface area contributed by atoms with Crippen molar-refractivity contribution < 1.29 is 23.9 Å². The van der Waals surface area contributed by atoms with E-state index in [-0.39, 0.29) is 16.1 Å². The number of methoxy groups -OCH3 is 2. The average molecular weight is 321 g/mol. The van der Waals surface area contributed by atoms with Crippen molar-refractivity contribution in [3.63, 3.8) is 0 Å². The fourth-order valence-corrected chi connectivity index (χ4v) is 1.55. The van der Waals surface area contributed by atoms with E-state index in [1.807, 2.05) is 0 Å². The second kappa shape index (κ2) is 6.15. The van der Waals surface area contributed by atoms with Crippen molar-refractivity contribution in [3.8, 4) is 11.5 Å². The number of hydrogen-bond donors (Lipinski definition) is 0. The predicted octanol–water partition coefficient (Wildman–Crippen LogP) is 1.31. The maximum Gasteiger partial charge on any atom is 0.356 e. The van der Waals surface area contributed by atoms with E-state index in [4.69, 9.17) is 9.47 Å². The number of esters is 1. The lowest BCUT2D eigenvalue weighted by atomic mass is 10.3. The van der Waals surface area contributed by atoms with E-state index in [0.29, 0.717) is 0 Å². The Hall–Kier alpha value is -1.90. The first kappa shape index (κ1) is 14.2. The molecule has 0 aliphatic carbocycles. The summed E-state index contributed by atoms with van der Waals surface area (Å²) < 4.78 is 14.4. The zero-order chi connectivity index (χ0) is 13.7. The summed E-state index contributed by atoms with van der Waals surface area (Å²) in [5, 5.41) is 10.9. The second-order valence-corrected chi connectivity index (χ2v) is 3.67. The molecule has 9 heteroatoms. The molecule has 0 unspecified atom stereocenters. The molecule has 0 aromatic carbocycles. The Morgan fingerprint density at radius 2 is 2.22 bits per heavy atom. The number of nitrogens with zero attached hydrogens (tertiary/aromatic N) is 2. The van der Waals surface area contributed by atoms with Crippen LogP contribution < -0.4 is 9.47 Å². The number of hydrogen-bond acceptors (Lipinski definition) is 7. The van der Waals surface area contributed by atoms with E-state index in [1.54, 1.807) is 0 Å². The van der Waals surface area contributed by atoms with Crippen LogP contribution >= 0.6 is 15.9 Å². The standard InChI is InChI=1S/C9H9BrN2O6/c1-16-6(13)4-18-5-3-11-9(10)8(17-2)7(5)12(14)15/h3H,4H2,1-2H3. The number of aromatic nitrogens is 1. The van der Waals surface area contributed by atoms with Gasteiger partial charge >= 0.3 is 11.7 Å². The van der Waals surface area contributed by atoms with Gasteiger partial charge in [-0.3, -0.25) is 10.1 Å². The SMILES string of the molecule is COC(=O)COc1cnc(Br)c(OC)c1[N+](=O)[O-]. The highest BCUT2D eigenvalue weighted by molar-refractivity contribution is 9.10. The molecule has 1 rings (SSSR count). The molecular formula is C9H9BrN2O6. The van der Waals surface area contributed by atoms with Gasteiger partial charge in [0.15, 0.2) is 11.2 Å². The fourth-order valence-electron chi connectivity index (χ4n) is 1.10.